The minimum absolute atomic E-state index is 0. The van der Waals surface area contributed by atoms with Crippen LogP contribution in [0.5, 0.6) is 0 Å². The van der Waals surface area contributed by atoms with Crippen molar-refractivity contribution in [3.05, 3.63) is 0 Å². The maximum absolute atomic E-state index is 12.3. The molecule has 0 saturated heterocycles. The zero-order chi connectivity index (χ0) is 19.6. The smallest absolute Gasteiger partial charge is 0.748 e. The molecule has 0 unspecified atom stereocenters. The van der Waals surface area contributed by atoms with Gasteiger partial charge in [0.05, 0.1) is 0 Å². The molecule has 0 aromatic carbocycles. The zero-order valence-electron chi connectivity index (χ0n) is 16.9. The molecule has 0 N–H and O–H groups in total. The quantitative estimate of drug-likeness (QED) is 0.218. The summed E-state index contributed by atoms with van der Waals surface area (Å²) < 4.78 is 69.0. The second kappa shape index (κ2) is 13.8. The first-order valence-electron chi connectivity index (χ1n) is 8.51. The summed E-state index contributed by atoms with van der Waals surface area (Å²) in [6.07, 6.45) is 0. The molecule has 0 atom stereocenters. The number of hydrogen-bond donors (Lipinski definition) is 0. The van der Waals surface area contributed by atoms with E-state index in [0.29, 0.717) is 0 Å². The van der Waals surface area contributed by atoms with Crippen molar-refractivity contribution in [2.75, 3.05) is 39.6 Å². The molecule has 0 aromatic rings. The predicted molar refractivity (Wildman–Crippen MR) is 94.7 cm³/mol. The van der Waals surface area contributed by atoms with Gasteiger partial charge in [0.15, 0.2) is 4.50 Å². The van der Waals surface area contributed by atoms with Crippen molar-refractivity contribution in [3.63, 3.8) is 0 Å². The average molecular weight is 427 g/mol. The van der Waals surface area contributed by atoms with E-state index in [0.717, 1.165) is 0 Å². The van der Waals surface area contributed by atoms with Crippen LogP contribution in [0.1, 0.15) is 41.5 Å². The van der Waals surface area contributed by atoms with E-state index in [2.05, 4.69) is 0 Å². The van der Waals surface area contributed by atoms with E-state index >= 15 is 0 Å². The van der Waals surface area contributed by atoms with Crippen LogP contribution in [-0.4, -0.2) is 74.7 Å². The van der Waals surface area contributed by atoms with Crippen LogP contribution in [0.4, 0.5) is 0 Å². The number of hydrogen-bond acceptors (Lipinski definition) is 9. The summed E-state index contributed by atoms with van der Waals surface area (Å²) >= 11 is 0. The Morgan fingerprint density at radius 1 is 0.654 bits per heavy atom. The standard InChI is InChI=1S/C13H32O9SSi2.Li/c1-7-17-24(18-8-2,19-9-3)13(23(14,15)16)25(20-10-4,21-11-5)22-12-6;/h13H,7-12H2,1-6H3,(H,14,15,16);/q;+1/p-1. The van der Waals surface area contributed by atoms with E-state index in [1.165, 1.54) is 0 Å². The SMILES string of the molecule is CCO[Si](OCC)(OCC)C([Si](OCC)(OCC)OCC)S(=O)(=O)[O-].[Li+]. The summed E-state index contributed by atoms with van der Waals surface area (Å²) in [6.45, 7) is 10.6. The summed E-state index contributed by atoms with van der Waals surface area (Å²) in [6, 6.07) is 0. The van der Waals surface area contributed by atoms with Gasteiger partial charge >= 0.3 is 36.5 Å². The fourth-order valence-electron chi connectivity index (χ4n) is 2.48. The molecule has 26 heavy (non-hydrogen) atoms. The Kier molecular flexibility index (Phi) is 15.4. The molecular formula is C13H31LiO9SSi2. The van der Waals surface area contributed by atoms with Gasteiger partial charge < -0.3 is 31.1 Å². The Hall–Kier alpha value is 0.701. The third-order valence-corrected chi connectivity index (χ3v) is 14.6. The predicted octanol–water partition coefficient (Wildman–Crippen LogP) is -1.92. The monoisotopic (exact) mass is 426 g/mol. The van der Waals surface area contributed by atoms with Crippen LogP contribution in [-0.2, 0) is 36.7 Å². The van der Waals surface area contributed by atoms with E-state index < -0.39 is 32.2 Å². The van der Waals surface area contributed by atoms with Crippen LogP contribution in [0.2, 0.25) is 0 Å². The van der Waals surface area contributed by atoms with Crippen molar-refractivity contribution in [1.82, 2.24) is 0 Å². The molecule has 0 bridgehead atoms. The molecule has 0 amide bonds. The summed E-state index contributed by atoms with van der Waals surface area (Å²) in [5.41, 5.74) is 0. The first kappa shape index (κ1) is 28.9. The average Bonchev–Trinajstić information content (AvgIpc) is 2.47. The molecule has 0 radical (unpaired) electrons. The van der Waals surface area contributed by atoms with Gasteiger partial charge in [-0.05, 0) is 41.5 Å². The second-order valence-corrected chi connectivity index (χ2v) is 12.9. The maximum Gasteiger partial charge on any atom is 1.00 e. The molecule has 0 aliphatic heterocycles. The molecule has 0 aliphatic rings. The van der Waals surface area contributed by atoms with Crippen molar-refractivity contribution in [2.24, 2.45) is 0 Å². The molecule has 0 aliphatic carbocycles. The van der Waals surface area contributed by atoms with Gasteiger partial charge in [0.1, 0.15) is 10.1 Å². The Labute approximate surface area is 171 Å². The summed E-state index contributed by atoms with van der Waals surface area (Å²) in [7, 11) is -13.0. The van der Waals surface area contributed by atoms with Crippen LogP contribution in [0.3, 0.4) is 0 Å². The molecule has 13 heteroatoms. The summed E-state index contributed by atoms with van der Waals surface area (Å²) in [5, 5.41) is 0. The largest absolute Gasteiger partial charge is 1.00 e. The normalized spacial score (nSPS) is 13.1. The number of rotatable bonds is 15. The Bertz CT molecular complexity index is 406. The van der Waals surface area contributed by atoms with Gasteiger partial charge in [-0.25, -0.2) is 8.42 Å². The second-order valence-electron chi connectivity index (χ2n) is 4.68. The van der Waals surface area contributed by atoms with Crippen molar-refractivity contribution < 1.29 is 58.4 Å². The molecule has 9 nitrogen and oxygen atoms in total. The molecule has 152 valence electrons. The van der Waals surface area contributed by atoms with Crippen molar-refractivity contribution in [1.29, 1.82) is 0 Å². The Balaban J connectivity index is 0. The molecule has 0 aromatic heterocycles. The summed E-state index contributed by atoms with van der Waals surface area (Å²) in [4.78, 5) is 0. The minimum atomic E-state index is -4.99. The molecule has 0 saturated carbocycles. The van der Waals surface area contributed by atoms with Crippen LogP contribution in [0, 0.1) is 0 Å². The third kappa shape index (κ3) is 7.61. The minimum Gasteiger partial charge on any atom is -0.748 e. The maximum atomic E-state index is 12.3. The van der Waals surface area contributed by atoms with Gasteiger partial charge in [0, 0.05) is 39.6 Å². The van der Waals surface area contributed by atoms with Crippen LogP contribution < -0.4 is 18.9 Å². The third-order valence-electron chi connectivity index (χ3n) is 3.00. The zero-order valence-corrected chi connectivity index (χ0v) is 19.7. The molecule has 0 fully saturated rings. The topological polar surface area (TPSA) is 113 Å². The molecule has 0 heterocycles. The fraction of sp³-hybridized carbons (Fsp3) is 1.00. The van der Waals surface area contributed by atoms with E-state index in [1.807, 2.05) is 0 Å². The van der Waals surface area contributed by atoms with Crippen LogP contribution >= 0.6 is 0 Å². The van der Waals surface area contributed by atoms with Gasteiger partial charge in [-0.1, -0.05) is 0 Å². The first-order chi connectivity index (χ1) is 11.7. The van der Waals surface area contributed by atoms with Crippen molar-refractivity contribution >= 4 is 27.7 Å². The first-order valence-corrected chi connectivity index (χ1v) is 13.6. The van der Waals surface area contributed by atoms with Crippen molar-refractivity contribution in [2.45, 2.75) is 46.0 Å². The molecule has 0 rings (SSSR count). The van der Waals surface area contributed by atoms with E-state index in [4.69, 9.17) is 26.6 Å². The van der Waals surface area contributed by atoms with Gasteiger partial charge in [0.25, 0.3) is 0 Å². The van der Waals surface area contributed by atoms with Crippen LogP contribution in [0.15, 0.2) is 0 Å². The van der Waals surface area contributed by atoms with Gasteiger partial charge in [-0.2, -0.15) is 0 Å². The molecular weight excluding hydrogens is 395 g/mol. The van der Waals surface area contributed by atoms with E-state index in [-0.39, 0.29) is 58.5 Å². The van der Waals surface area contributed by atoms with Crippen LogP contribution in [0.25, 0.3) is 0 Å². The summed E-state index contributed by atoms with van der Waals surface area (Å²) in [5.74, 6) is 0. The van der Waals surface area contributed by atoms with Gasteiger partial charge in [0.2, 0.25) is 0 Å². The van der Waals surface area contributed by atoms with Gasteiger partial charge in [-0.15, -0.1) is 0 Å². The Morgan fingerprint density at radius 2 is 0.846 bits per heavy atom. The van der Waals surface area contributed by atoms with Gasteiger partial charge in [-0.3, -0.25) is 0 Å². The fourth-order valence-corrected chi connectivity index (χ4v) is 13.6. The molecule has 0 spiro atoms. The Morgan fingerprint density at radius 3 is 0.962 bits per heavy atom. The van der Waals surface area contributed by atoms with E-state index in [9.17, 15) is 13.0 Å². The van der Waals surface area contributed by atoms with Crippen molar-refractivity contribution in [3.8, 4) is 0 Å². The van der Waals surface area contributed by atoms with E-state index in [1.54, 1.807) is 41.5 Å².